The molecule has 2 aliphatic rings. The van der Waals surface area contributed by atoms with Crippen molar-refractivity contribution in [3.8, 4) is 0 Å². The Morgan fingerprint density at radius 1 is 0.891 bits per heavy atom. The minimum atomic E-state index is -1.60. The lowest BCUT2D eigenvalue weighted by Gasteiger charge is -2.28. The summed E-state index contributed by atoms with van der Waals surface area (Å²) in [5, 5.41) is 21.7. The van der Waals surface area contributed by atoms with Gasteiger partial charge in [-0.2, -0.15) is 0 Å². The van der Waals surface area contributed by atoms with E-state index in [0.29, 0.717) is 38.8 Å². The van der Waals surface area contributed by atoms with Crippen molar-refractivity contribution in [3.63, 3.8) is 0 Å². The van der Waals surface area contributed by atoms with Crippen molar-refractivity contribution < 1.29 is 38.4 Å². The zero-order valence-electron chi connectivity index (χ0n) is 30.6. The Morgan fingerprint density at radius 3 is 2.13 bits per heavy atom. The molecule has 0 spiro atoms. The smallest absolute Gasteiger partial charge is 0.316 e. The molecule has 55 heavy (non-hydrogen) atoms. The first kappa shape index (κ1) is 45.3. The fraction of sp³-hybridized carbons (Fsp3) is 0.581. The number of rotatable bonds is 15. The van der Waals surface area contributed by atoms with E-state index in [0.717, 1.165) is 6.20 Å². The molecule has 1 saturated heterocycles. The van der Waals surface area contributed by atoms with Crippen LogP contribution in [0.4, 0.5) is 4.79 Å². The van der Waals surface area contributed by atoms with Crippen LogP contribution in [-0.2, 0) is 33.6 Å². The van der Waals surface area contributed by atoms with E-state index in [-0.39, 0.29) is 31.0 Å². The third-order valence-corrected chi connectivity index (χ3v) is 8.03. The largest absolute Gasteiger partial charge is 0.370 e. The van der Waals surface area contributed by atoms with Gasteiger partial charge >= 0.3 is 6.03 Å². The molecule has 0 saturated carbocycles. The lowest BCUT2D eigenvalue weighted by Crippen LogP contribution is -2.61. The lowest BCUT2D eigenvalue weighted by molar-refractivity contribution is -0.134. The maximum absolute atomic E-state index is 13.7. The van der Waals surface area contributed by atoms with E-state index >= 15 is 0 Å². The fourth-order valence-electron chi connectivity index (χ4n) is 5.07. The molecule has 24 nitrogen and oxygen atoms in total. The van der Waals surface area contributed by atoms with Gasteiger partial charge in [-0.05, 0) is 51.8 Å². The average molecular weight is 779 g/mol. The number of carbonyl (C=O) groups is 8. The van der Waals surface area contributed by atoms with Crippen molar-refractivity contribution in [3.05, 3.63) is 23.7 Å². The second kappa shape index (κ2) is 23.0. The zero-order chi connectivity index (χ0) is 41.1. The van der Waals surface area contributed by atoms with Gasteiger partial charge in [0, 0.05) is 49.9 Å². The van der Waals surface area contributed by atoms with Gasteiger partial charge in [0.25, 0.3) is 5.91 Å². The Kier molecular flexibility index (Phi) is 19.0. The lowest BCUT2D eigenvalue weighted by atomic mass is 10.1. The summed E-state index contributed by atoms with van der Waals surface area (Å²) in [6.07, 6.45) is 3.82. The molecule has 0 radical (unpaired) electrons. The topological polar surface area (TPSA) is 413 Å². The van der Waals surface area contributed by atoms with E-state index in [1.165, 1.54) is 13.0 Å². The highest BCUT2D eigenvalue weighted by Gasteiger charge is 2.33. The predicted octanol–water partition coefficient (Wildman–Crippen LogP) is -7.47. The number of hydrogen-bond donors (Lipinski definition) is 15. The molecule has 0 aromatic rings. The molecule has 21 N–H and O–H groups in total. The van der Waals surface area contributed by atoms with Crippen LogP contribution in [0.25, 0.3) is 0 Å². The van der Waals surface area contributed by atoms with Crippen molar-refractivity contribution in [2.24, 2.45) is 39.4 Å². The summed E-state index contributed by atoms with van der Waals surface area (Å²) in [6, 6.07) is -8.30. The molecular formula is C31H54N16O8. The van der Waals surface area contributed by atoms with Gasteiger partial charge in [0.05, 0.1) is 6.54 Å². The highest BCUT2D eigenvalue weighted by Crippen LogP contribution is 2.07. The van der Waals surface area contributed by atoms with E-state index in [1.54, 1.807) is 0 Å². The molecule has 2 heterocycles. The zero-order valence-corrected chi connectivity index (χ0v) is 30.6. The van der Waals surface area contributed by atoms with Crippen LogP contribution in [0.15, 0.2) is 28.7 Å². The molecule has 9 amide bonds. The van der Waals surface area contributed by atoms with Crippen molar-refractivity contribution in [2.45, 2.75) is 81.7 Å². The number of nitrogens with zero attached hydrogens (tertiary/aromatic N) is 1. The average Bonchev–Trinajstić information content (AvgIpc) is 3.12. The third-order valence-electron chi connectivity index (χ3n) is 8.03. The van der Waals surface area contributed by atoms with Gasteiger partial charge in [0.15, 0.2) is 5.96 Å². The number of carbonyl (C=O) groups excluding carboxylic acids is 8. The van der Waals surface area contributed by atoms with Crippen molar-refractivity contribution in [1.82, 2.24) is 47.9 Å². The number of urea groups is 1. The standard InChI is InChI=1S/C31H54N16O8/c1-15-25(50)44-20(12-39-22(48)10-16(34)4-2-7-32)27(52)45-21(14-41-31(37)55)28(53)47-24(18-6-9-38-30(36)46-18)29(54)40-13-19(26(51)42-15)43-23(49)11-17(35)5-3-8-33/h6,14-17,19-20,24H,2-5,7-13,32-35H2,1H3,(H,39,48)(H,40,54)(H,42,51)(H,43,49)(H,44,50)(H,45,52)(H,47,53)(H3,36,38,46)(H3,37,41,55)/b21-14-/t15-,16-,17-,19-,20-,24-/m0/s1. The summed E-state index contributed by atoms with van der Waals surface area (Å²) in [5.74, 6) is -6.31. The maximum Gasteiger partial charge on any atom is 0.316 e. The van der Waals surface area contributed by atoms with Crippen LogP contribution < -0.4 is 82.3 Å². The maximum atomic E-state index is 13.7. The molecular weight excluding hydrogens is 724 g/mol. The summed E-state index contributed by atoms with van der Waals surface area (Å²) < 4.78 is 0. The monoisotopic (exact) mass is 778 g/mol. The van der Waals surface area contributed by atoms with Gasteiger partial charge in [-0.3, -0.25) is 33.6 Å². The van der Waals surface area contributed by atoms with Crippen molar-refractivity contribution in [2.75, 3.05) is 32.7 Å². The molecule has 6 atom stereocenters. The second-order valence-corrected chi connectivity index (χ2v) is 12.7. The quantitative estimate of drug-likeness (QED) is 0.0687. The second-order valence-electron chi connectivity index (χ2n) is 12.7. The van der Waals surface area contributed by atoms with Gasteiger partial charge < -0.3 is 82.3 Å². The molecule has 24 heteroatoms. The van der Waals surface area contributed by atoms with Crippen LogP contribution in [0.3, 0.4) is 0 Å². The number of nitrogens with two attached hydrogens (primary N) is 6. The number of guanidine groups is 1. The first-order valence-electron chi connectivity index (χ1n) is 17.5. The molecule has 0 aliphatic carbocycles. The summed E-state index contributed by atoms with van der Waals surface area (Å²) in [6.45, 7) is 0.929. The van der Waals surface area contributed by atoms with E-state index < -0.39 is 102 Å². The summed E-state index contributed by atoms with van der Waals surface area (Å²) in [5.41, 5.74) is 33.4. The predicted molar refractivity (Wildman–Crippen MR) is 198 cm³/mol. The van der Waals surface area contributed by atoms with Crippen LogP contribution in [0.5, 0.6) is 0 Å². The summed E-state index contributed by atoms with van der Waals surface area (Å²) in [4.78, 5) is 109. The Morgan fingerprint density at radius 2 is 1.53 bits per heavy atom. The van der Waals surface area contributed by atoms with Crippen molar-refractivity contribution in [1.29, 1.82) is 0 Å². The first-order valence-corrected chi connectivity index (χ1v) is 17.5. The number of primary amides is 1. The number of aliphatic imine (C=N–C) groups is 1. The summed E-state index contributed by atoms with van der Waals surface area (Å²) >= 11 is 0. The van der Waals surface area contributed by atoms with Crippen LogP contribution in [0.2, 0.25) is 0 Å². The third kappa shape index (κ3) is 16.4. The van der Waals surface area contributed by atoms with Gasteiger partial charge in [-0.15, -0.1) is 0 Å². The Hall–Kier alpha value is -5.85. The van der Waals surface area contributed by atoms with Gasteiger partial charge in [0.1, 0.15) is 29.9 Å². The van der Waals surface area contributed by atoms with Crippen molar-refractivity contribution >= 4 is 53.3 Å². The molecule has 2 rings (SSSR count). The molecule has 0 aromatic carbocycles. The first-order chi connectivity index (χ1) is 26.0. The van der Waals surface area contributed by atoms with Gasteiger partial charge in [-0.1, -0.05) is 0 Å². The van der Waals surface area contributed by atoms with Gasteiger partial charge in [0.2, 0.25) is 35.4 Å². The highest BCUT2D eigenvalue weighted by atomic mass is 16.2. The van der Waals surface area contributed by atoms with Gasteiger partial charge in [-0.25, -0.2) is 9.79 Å². The van der Waals surface area contributed by atoms with Crippen LogP contribution in [0.1, 0.15) is 45.4 Å². The molecule has 0 bridgehead atoms. The molecule has 0 aromatic heterocycles. The Bertz CT molecular complexity index is 1520. The molecule has 0 unspecified atom stereocenters. The molecule has 306 valence electrons. The highest BCUT2D eigenvalue weighted by molar-refractivity contribution is 6.03. The van der Waals surface area contributed by atoms with E-state index in [4.69, 9.17) is 34.4 Å². The number of hydrogen-bond acceptors (Lipinski definition) is 15. The van der Waals surface area contributed by atoms with Crippen LogP contribution in [-0.4, -0.2) is 122 Å². The molecule has 2 aliphatic heterocycles. The minimum Gasteiger partial charge on any atom is -0.370 e. The number of nitrogens with one attached hydrogen (secondary N) is 9. The van der Waals surface area contributed by atoms with Crippen LogP contribution >= 0.6 is 0 Å². The summed E-state index contributed by atoms with van der Waals surface area (Å²) in [7, 11) is 0. The van der Waals surface area contributed by atoms with E-state index in [1.807, 2.05) is 0 Å². The van der Waals surface area contributed by atoms with E-state index in [9.17, 15) is 38.4 Å². The number of amides is 9. The Balaban J connectivity index is 2.53. The SMILES string of the molecule is C[C@@H]1NC(=O)[C@@H](NC(=O)C[C@@H](N)CCCN)CNC(=O)[C@H](C2=CCN=C(N)N2)NC(=O)/C(=C/NC(N)=O)NC(=O)[C@H](CNC(=O)C[C@@H](N)CCCN)NC1=O. The molecule has 1 fully saturated rings. The fourth-order valence-corrected chi connectivity index (χ4v) is 5.07. The normalized spacial score (nSPS) is 23.2. The minimum absolute atomic E-state index is 0.00485. The van der Waals surface area contributed by atoms with Crippen LogP contribution in [0, 0.1) is 0 Å². The van der Waals surface area contributed by atoms with E-state index in [2.05, 4.69) is 52.8 Å². The Labute approximate surface area is 316 Å².